The molecule has 0 aliphatic heterocycles. The maximum atomic E-state index is 13.4. The van der Waals surface area contributed by atoms with Gasteiger partial charge in [0, 0.05) is 19.5 Å². The number of rotatable bonds is 10. The van der Waals surface area contributed by atoms with Crippen LogP contribution in [0, 0.1) is 0 Å². The standard InChI is InChI=1S/C27H30N2O4/c1-4-25(30)29(19-21-12-16-24(33-3)17-13-21)26(22-8-6-5-7-9-22)27(31)28-18-20-10-14-23(32-2)15-11-20/h5-17,26H,4,18-19H2,1-3H3,(H,28,31)/t26-/m1/s1. The first-order chi connectivity index (χ1) is 16.0. The molecule has 6 nitrogen and oxygen atoms in total. The number of carbonyl (C=O) groups is 2. The zero-order valence-corrected chi connectivity index (χ0v) is 19.3. The van der Waals surface area contributed by atoms with E-state index in [2.05, 4.69) is 5.32 Å². The number of benzene rings is 3. The van der Waals surface area contributed by atoms with E-state index in [1.165, 1.54) is 0 Å². The van der Waals surface area contributed by atoms with Crippen LogP contribution in [0.15, 0.2) is 78.9 Å². The molecular formula is C27H30N2O4. The number of carbonyl (C=O) groups excluding carboxylic acids is 2. The lowest BCUT2D eigenvalue weighted by molar-refractivity contribution is -0.141. The van der Waals surface area contributed by atoms with Crippen molar-refractivity contribution in [1.82, 2.24) is 10.2 Å². The second-order valence-electron chi connectivity index (χ2n) is 7.60. The predicted molar refractivity (Wildman–Crippen MR) is 128 cm³/mol. The van der Waals surface area contributed by atoms with Gasteiger partial charge in [0.15, 0.2) is 0 Å². The first-order valence-corrected chi connectivity index (χ1v) is 10.9. The number of methoxy groups -OCH3 is 2. The third kappa shape index (κ3) is 6.35. The molecule has 0 aliphatic carbocycles. The van der Waals surface area contributed by atoms with Gasteiger partial charge < -0.3 is 19.7 Å². The van der Waals surface area contributed by atoms with Crippen molar-refractivity contribution in [3.05, 3.63) is 95.6 Å². The Balaban J connectivity index is 1.86. The summed E-state index contributed by atoms with van der Waals surface area (Å²) in [4.78, 5) is 28.1. The van der Waals surface area contributed by atoms with Gasteiger partial charge in [-0.1, -0.05) is 61.5 Å². The lowest BCUT2D eigenvalue weighted by Crippen LogP contribution is -2.43. The highest BCUT2D eigenvalue weighted by molar-refractivity contribution is 5.88. The SMILES string of the molecule is CCC(=O)N(Cc1ccc(OC)cc1)[C@@H](C(=O)NCc1ccc(OC)cc1)c1ccccc1. The van der Waals surface area contributed by atoms with Crippen molar-refractivity contribution in [1.29, 1.82) is 0 Å². The Morgan fingerprint density at radius 3 is 1.88 bits per heavy atom. The second kappa shape index (κ2) is 11.7. The van der Waals surface area contributed by atoms with E-state index in [0.29, 0.717) is 19.5 Å². The molecule has 1 atom stereocenters. The Hall–Kier alpha value is -3.80. The molecule has 6 heteroatoms. The first-order valence-electron chi connectivity index (χ1n) is 10.9. The quantitative estimate of drug-likeness (QED) is 0.498. The van der Waals surface area contributed by atoms with Crippen LogP contribution in [-0.4, -0.2) is 30.9 Å². The summed E-state index contributed by atoms with van der Waals surface area (Å²) in [6.07, 6.45) is 0.297. The molecule has 0 aliphatic rings. The molecule has 3 rings (SSSR count). The zero-order chi connectivity index (χ0) is 23.6. The van der Waals surface area contributed by atoms with Gasteiger partial charge in [0.1, 0.15) is 17.5 Å². The summed E-state index contributed by atoms with van der Waals surface area (Å²) in [5, 5.41) is 3.00. The maximum Gasteiger partial charge on any atom is 0.247 e. The van der Waals surface area contributed by atoms with Crippen LogP contribution >= 0.6 is 0 Å². The third-order valence-electron chi connectivity index (χ3n) is 5.44. The highest BCUT2D eigenvalue weighted by Gasteiger charge is 2.30. The first kappa shape index (κ1) is 23.9. The average molecular weight is 447 g/mol. The number of ether oxygens (including phenoxy) is 2. The molecule has 0 aromatic heterocycles. The van der Waals surface area contributed by atoms with Crippen molar-refractivity contribution in [2.24, 2.45) is 0 Å². The number of nitrogens with zero attached hydrogens (tertiary/aromatic N) is 1. The molecule has 0 bridgehead atoms. The molecule has 0 saturated heterocycles. The summed E-state index contributed by atoms with van der Waals surface area (Å²) in [6, 6.07) is 23.7. The van der Waals surface area contributed by atoms with E-state index in [0.717, 1.165) is 28.2 Å². The Morgan fingerprint density at radius 1 is 0.818 bits per heavy atom. The lowest BCUT2D eigenvalue weighted by Gasteiger charge is -2.31. The van der Waals surface area contributed by atoms with Gasteiger partial charge in [-0.2, -0.15) is 0 Å². The van der Waals surface area contributed by atoms with E-state index in [-0.39, 0.29) is 11.8 Å². The minimum atomic E-state index is -0.751. The van der Waals surface area contributed by atoms with Gasteiger partial charge in [0.25, 0.3) is 0 Å². The number of nitrogens with one attached hydrogen (secondary N) is 1. The molecule has 0 spiro atoms. The highest BCUT2D eigenvalue weighted by Crippen LogP contribution is 2.25. The number of amides is 2. The van der Waals surface area contributed by atoms with Crippen molar-refractivity contribution in [2.45, 2.75) is 32.5 Å². The molecule has 0 radical (unpaired) electrons. The van der Waals surface area contributed by atoms with E-state index in [1.54, 1.807) is 26.0 Å². The van der Waals surface area contributed by atoms with Crippen molar-refractivity contribution in [3.8, 4) is 11.5 Å². The van der Waals surface area contributed by atoms with Crippen molar-refractivity contribution < 1.29 is 19.1 Å². The van der Waals surface area contributed by atoms with Crippen LogP contribution in [0.5, 0.6) is 11.5 Å². The van der Waals surface area contributed by atoms with E-state index >= 15 is 0 Å². The van der Waals surface area contributed by atoms with Crippen molar-refractivity contribution >= 4 is 11.8 Å². The summed E-state index contributed by atoms with van der Waals surface area (Å²) in [5.41, 5.74) is 2.63. The van der Waals surface area contributed by atoms with E-state index < -0.39 is 6.04 Å². The zero-order valence-electron chi connectivity index (χ0n) is 19.3. The van der Waals surface area contributed by atoms with Crippen LogP contribution in [0.3, 0.4) is 0 Å². The molecule has 2 amide bonds. The predicted octanol–water partition coefficient (Wildman–Crippen LogP) is 4.50. The Bertz CT molecular complexity index is 1030. The highest BCUT2D eigenvalue weighted by atomic mass is 16.5. The lowest BCUT2D eigenvalue weighted by atomic mass is 10.0. The van der Waals surface area contributed by atoms with Crippen LogP contribution < -0.4 is 14.8 Å². The third-order valence-corrected chi connectivity index (χ3v) is 5.44. The molecule has 0 saturated carbocycles. The summed E-state index contributed by atoms with van der Waals surface area (Å²) >= 11 is 0. The van der Waals surface area contributed by atoms with Crippen molar-refractivity contribution in [2.75, 3.05) is 14.2 Å². The van der Waals surface area contributed by atoms with Gasteiger partial charge in [0.05, 0.1) is 14.2 Å². The van der Waals surface area contributed by atoms with Gasteiger partial charge in [0.2, 0.25) is 11.8 Å². The summed E-state index contributed by atoms with van der Waals surface area (Å²) in [5.74, 6) is 1.17. The van der Waals surface area contributed by atoms with Crippen LogP contribution in [0.2, 0.25) is 0 Å². The van der Waals surface area contributed by atoms with E-state index in [9.17, 15) is 9.59 Å². The van der Waals surface area contributed by atoms with E-state index in [1.807, 2.05) is 78.9 Å². The second-order valence-corrected chi connectivity index (χ2v) is 7.60. The number of hydrogen-bond acceptors (Lipinski definition) is 4. The van der Waals surface area contributed by atoms with Gasteiger partial charge in [-0.05, 0) is 41.0 Å². The Kier molecular flexibility index (Phi) is 8.47. The van der Waals surface area contributed by atoms with Crippen LogP contribution in [0.25, 0.3) is 0 Å². The molecule has 0 unspecified atom stereocenters. The van der Waals surface area contributed by atoms with Crippen LogP contribution in [-0.2, 0) is 22.7 Å². The minimum absolute atomic E-state index is 0.0979. The Labute approximate surface area is 195 Å². The molecule has 1 N–H and O–H groups in total. The molecule has 3 aromatic rings. The topological polar surface area (TPSA) is 67.9 Å². The molecule has 33 heavy (non-hydrogen) atoms. The van der Waals surface area contributed by atoms with Crippen LogP contribution in [0.1, 0.15) is 36.1 Å². The van der Waals surface area contributed by atoms with Gasteiger partial charge >= 0.3 is 0 Å². The smallest absolute Gasteiger partial charge is 0.247 e. The fourth-order valence-corrected chi connectivity index (χ4v) is 3.59. The van der Waals surface area contributed by atoms with Gasteiger partial charge in [-0.15, -0.1) is 0 Å². The van der Waals surface area contributed by atoms with Crippen molar-refractivity contribution in [3.63, 3.8) is 0 Å². The average Bonchev–Trinajstić information content (AvgIpc) is 2.88. The molecular weight excluding hydrogens is 416 g/mol. The largest absolute Gasteiger partial charge is 0.497 e. The number of hydrogen-bond donors (Lipinski definition) is 1. The molecule has 0 heterocycles. The summed E-state index contributed by atoms with van der Waals surface area (Å²) < 4.78 is 10.4. The minimum Gasteiger partial charge on any atom is -0.497 e. The van der Waals surface area contributed by atoms with E-state index in [4.69, 9.17) is 9.47 Å². The summed E-state index contributed by atoms with van der Waals surface area (Å²) in [6.45, 7) is 2.47. The monoisotopic (exact) mass is 446 g/mol. The normalized spacial score (nSPS) is 11.4. The Morgan fingerprint density at radius 2 is 1.36 bits per heavy atom. The fourth-order valence-electron chi connectivity index (χ4n) is 3.59. The molecule has 3 aromatic carbocycles. The van der Waals surface area contributed by atoms with Gasteiger partial charge in [-0.25, -0.2) is 0 Å². The molecule has 0 fully saturated rings. The molecule has 172 valence electrons. The maximum absolute atomic E-state index is 13.4. The summed E-state index contributed by atoms with van der Waals surface area (Å²) in [7, 11) is 3.23. The fraction of sp³-hybridized carbons (Fsp3) is 0.259. The van der Waals surface area contributed by atoms with Crippen LogP contribution in [0.4, 0.5) is 0 Å². The van der Waals surface area contributed by atoms with Gasteiger partial charge in [-0.3, -0.25) is 9.59 Å².